The summed E-state index contributed by atoms with van der Waals surface area (Å²) in [5, 5.41) is 3.27. The van der Waals surface area contributed by atoms with E-state index in [1.54, 1.807) is 0 Å². The highest BCUT2D eigenvalue weighted by atomic mass is 16.5. The van der Waals surface area contributed by atoms with E-state index in [0.29, 0.717) is 6.10 Å². The first-order valence-electron chi connectivity index (χ1n) is 3.76. The fraction of sp³-hybridized carbons (Fsp3) is 1.00. The van der Waals surface area contributed by atoms with Gasteiger partial charge >= 0.3 is 0 Å². The Balaban J connectivity index is 1.98. The first kappa shape index (κ1) is 7.03. The number of likely N-dealkylation sites (N-methyl/N-ethyl adjacent to an activating group) is 1. The number of nitrogens with one attached hydrogen (secondary N) is 1. The van der Waals surface area contributed by atoms with Crippen LogP contribution in [0.2, 0.25) is 0 Å². The topological polar surface area (TPSA) is 21.3 Å². The molecule has 1 N–H and O–H groups in total. The second kappa shape index (κ2) is 3.85. The highest BCUT2D eigenvalue weighted by Gasteiger charge is 2.13. The summed E-state index contributed by atoms with van der Waals surface area (Å²) in [4.78, 5) is 0. The summed E-state index contributed by atoms with van der Waals surface area (Å²) in [6, 6.07) is 0. The first-order valence-corrected chi connectivity index (χ1v) is 3.76. The van der Waals surface area contributed by atoms with Gasteiger partial charge in [0.05, 0.1) is 6.10 Å². The average Bonchev–Trinajstić information content (AvgIpc) is 2.34. The van der Waals surface area contributed by atoms with Gasteiger partial charge in [0.15, 0.2) is 0 Å². The summed E-state index contributed by atoms with van der Waals surface area (Å²) in [5.74, 6) is 0. The normalized spacial score (nSPS) is 27.0. The zero-order valence-corrected chi connectivity index (χ0v) is 6.02. The fourth-order valence-electron chi connectivity index (χ4n) is 1.11. The molecule has 0 aromatic heterocycles. The SMILES string of the molecule is CCNCC1CCCO1. The lowest BCUT2D eigenvalue weighted by molar-refractivity contribution is 0.110. The van der Waals surface area contributed by atoms with Crippen molar-refractivity contribution >= 4 is 0 Å². The molecule has 2 nitrogen and oxygen atoms in total. The van der Waals surface area contributed by atoms with Crippen LogP contribution >= 0.6 is 0 Å². The van der Waals surface area contributed by atoms with E-state index in [1.165, 1.54) is 12.8 Å². The molecular weight excluding hydrogens is 114 g/mol. The monoisotopic (exact) mass is 129 g/mol. The van der Waals surface area contributed by atoms with Crippen LogP contribution in [0.1, 0.15) is 19.8 Å². The molecule has 1 fully saturated rings. The second-order valence-electron chi connectivity index (χ2n) is 2.44. The van der Waals surface area contributed by atoms with Gasteiger partial charge in [-0.15, -0.1) is 0 Å². The van der Waals surface area contributed by atoms with Crippen molar-refractivity contribution in [2.75, 3.05) is 19.7 Å². The van der Waals surface area contributed by atoms with E-state index in [0.717, 1.165) is 19.7 Å². The Morgan fingerprint density at radius 1 is 1.67 bits per heavy atom. The van der Waals surface area contributed by atoms with E-state index in [-0.39, 0.29) is 0 Å². The lowest BCUT2D eigenvalue weighted by Gasteiger charge is -2.07. The van der Waals surface area contributed by atoms with Gasteiger partial charge in [-0.25, -0.2) is 0 Å². The van der Waals surface area contributed by atoms with Gasteiger partial charge in [-0.3, -0.25) is 0 Å². The van der Waals surface area contributed by atoms with Crippen molar-refractivity contribution in [1.82, 2.24) is 5.32 Å². The third-order valence-corrected chi connectivity index (χ3v) is 1.65. The molecule has 1 aliphatic heterocycles. The highest BCUT2D eigenvalue weighted by Crippen LogP contribution is 2.09. The molecule has 0 radical (unpaired) electrons. The summed E-state index contributed by atoms with van der Waals surface area (Å²) in [6.45, 7) is 5.18. The molecule has 1 rings (SSSR count). The zero-order valence-electron chi connectivity index (χ0n) is 6.02. The largest absolute Gasteiger partial charge is 0.377 e. The molecule has 54 valence electrons. The molecule has 1 aliphatic rings. The maximum absolute atomic E-state index is 5.39. The van der Waals surface area contributed by atoms with E-state index in [1.807, 2.05) is 0 Å². The molecular formula is C7H15NO. The van der Waals surface area contributed by atoms with Crippen molar-refractivity contribution in [2.45, 2.75) is 25.9 Å². The molecule has 0 bridgehead atoms. The Bertz CT molecular complexity index is 69.3. The van der Waals surface area contributed by atoms with Crippen LogP contribution in [0.5, 0.6) is 0 Å². The van der Waals surface area contributed by atoms with Crippen LogP contribution in [0.15, 0.2) is 0 Å². The van der Waals surface area contributed by atoms with E-state index in [2.05, 4.69) is 12.2 Å². The van der Waals surface area contributed by atoms with E-state index >= 15 is 0 Å². The molecule has 0 spiro atoms. The molecule has 9 heavy (non-hydrogen) atoms. The molecule has 0 amide bonds. The van der Waals surface area contributed by atoms with Crippen LogP contribution < -0.4 is 5.32 Å². The molecule has 0 aromatic rings. The summed E-state index contributed by atoms with van der Waals surface area (Å²) in [7, 11) is 0. The van der Waals surface area contributed by atoms with Crippen molar-refractivity contribution in [3.8, 4) is 0 Å². The molecule has 0 aromatic carbocycles. The minimum atomic E-state index is 0.505. The molecule has 2 heteroatoms. The number of ether oxygens (including phenoxy) is 1. The number of rotatable bonds is 3. The Kier molecular flexibility index (Phi) is 3.01. The van der Waals surface area contributed by atoms with E-state index in [4.69, 9.17) is 4.74 Å². The molecule has 0 saturated carbocycles. The Hall–Kier alpha value is -0.0800. The van der Waals surface area contributed by atoms with Gasteiger partial charge in [0.1, 0.15) is 0 Å². The molecule has 0 aliphatic carbocycles. The lowest BCUT2D eigenvalue weighted by Crippen LogP contribution is -2.25. The van der Waals surface area contributed by atoms with Crippen LogP contribution in [-0.2, 0) is 4.74 Å². The van der Waals surface area contributed by atoms with Crippen molar-refractivity contribution in [2.24, 2.45) is 0 Å². The molecule has 1 saturated heterocycles. The number of hydrogen-bond acceptors (Lipinski definition) is 2. The Labute approximate surface area is 56.6 Å². The Morgan fingerprint density at radius 3 is 3.11 bits per heavy atom. The van der Waals surface area contributed by atoms with Gasteiger partial charge in [-0.1, -0.05) is 6.92 Å². The van der Waals surface area contributed by atoms with Gasteiger partial charge in [-0.2, -0.15) is 0 Å². The summed E-state index contributed by atoms with van der Waals surface area (Å²) in [5.41, 5.74) is 0. The van der Waals surface area contributed by atoms with Crippen LogP contribution in [0.3, 0.4) is 0 Å². The van der Waals surface area contributed by atoms with E-state index < -0.39 is 0 Å². The zero-order chi connectivity index (χ0) is 6.53. The van der Waals surface area contributed by atoms with Gasteiger partial charge in [-0.05, 0) is 19.4 Å². The third kappa shape index (κ3) is 2.33. The van der Waals surface area contributed by atoms with Crippen LogP contribution in [-0.4, -0.2) is 25.8 Å². The van der Waals surface area contributed by atoms with Crippen LogP contribution in [0.4, 0.5) is 0 Å². The lowest BCUT2D eigenvalue weighted by atomic mass is 10.2. The molecule has 1 atom stereocenters. The smallest absolute Gasteiger partial charge is 0.0700 e. The van der Waals surface area contributed by atoms with Gasteiger partial charge in [0, 0.05) is 13.2 Å². The van der Waals surface area contributed by atoms with Gasteiger partial charge in [0.25, 0.3) is 0 Å². The van der Waals surface area contributed by atoms with Crippen molar-refractivity contribution in [3.63, 3.8) is 0 Å². The van der Waals surface area contributed by atoms with Gasteiger partial charge in [0.2, 0.25) is 0 Å². The predicted molar refractivity (Wildman–Crippen MR) is 37.5 cm³/mol. The third-order valence-electron chi connectivity index (χ3n) is 1.65. The van der Waals surface area contributed by atoms with Crippen molar-refractivity contribution in [3.05, 3.63) is 0 Å². The van der Waals surface area contributed by atoms with Crippen LogP contribution in [0.25, 0.3) is 0 Å². The summed E-state index contributed by atoms with van der Waals surface area (Å²) in [6.07, 6.45) is 2.99. The summed E-state index contributed by atoms with van der Waals surface area (Å²) < 4.78 is 5.39. The van der Waals surface area contributed by atoms with Crippen molar-refractivity contribution < 1.29 is 4.74 Å². The standard InChI is InChI=1S/C7H15NO/c1-2-8-6-7-4-3-5-9-7/h7-8H,2-6H2,1H3. The minimum absolute atomic E-state index is 0.505. The average molecular weight is 129 g/mol. The van der Waals surface area contributed by atoms with Crippen molar-refractivity contribution in [1.29, 1.82) is 0 Å². The van der Waals surface area contributed by atoms with Gasteiger partial charge < -0.3 is 10.1 Å². The maximum Gasteiger partial charge on any atom is 0.0700 e. The first-order chi connectivity index (χ1) is 4.43. The van der Waals surface area contributed by atoms with Crippen LogP contribution in [0, 0.1) is 0 Å². The fourth-order valence-corrected chi connectivity index (χ4v) is 1.11. The highest BCUT2D eigenvalue weighted by molar-refractivity contribution is 4.66. The molecule has 1 unspecified atom stereocenters. The summed E-state index contributed by atoms with van der Waals surface area (Å²) >= 11 is 0. The predicted octanol–water partition coefficient (Wildman–Crippen LogP) is 0.775. The molecule has 1 heterocycles. The Morgan fingerprint density at radius 2 is 2.56 bits per heavy atom. The minimum Gasteiger partial charge on any atom is -0.377 e. The number of hydrogen-bond donors (Lipinski definition) is 1. The maximum atomic E-state index is 5.39. The quantitative estimate of drug-likeness (QED) is 0.608. The van der Waals surface area contributed by atoms with E-state index in [9.17, 15) is 0 Å². The second-order valence-corrected chi connectivity index (χ2v) is 2.44.